The minimum absolute atomic E-state index is 0.0202. The quantitative estimate of drug-likeness (QED) is 0.0347. The maximum atomic E-state index is 12.9. The number of carbonyl (C=O) groups excluding carboxylic acids is 8. The molecule has 0 aromatic rings. The van der Waals surface area contributed by atoms with Crippen LogP contribution < -0.4 is 31.9 Å². The van der Waals surface area contributed by atoms with Crippen LogP contribution in [0, 0.1) is 5.92 Å². The summed E-state index contributed by atoms with van der Waals surface area (Å²) in [6.07, 6.45) is 12.1. The molecule has 7 amide bonds. The van der Waals surface area contributed by atoms with Crippen LogP contribution in [0.2, 0.25) is 0 Å². The van der Waals surface area contributed by atoms with Crippen molar-refractivity contribution in [2.45, 2.75) is 135 Å². The summed E-state index contributed by atoms with van der Waals surface area (Å²) in [5.41, 5.74) is 0. The van der Waals surface area contributed by atoms with E-state index in [9.17, 15) is 48.6 Å². The number of carbonyl (C=O) groups is 8. The Balaban J connectivity index is 4.66. The summed E-state index contributed by atoms with van der Waals surface area (Å²) in [5.74, 6) is -4.86. The van der Waals surface area contributed by atoms with Crippen molar-refractivity contribution in [2.75, 3.05) is 39.8 Å². The molecule has 2 unspecified atom stereocenters. The molecule has 0 aromatic heterocycles. The molecule has 0 aliphatic carbocycles. The lowest BCUT2D eigenvalue weighted by Crippen LogP contribution is -2.57. The predicted octanol–water partition coefficient (Wildman–Crippen LogP) is -0.433. The third kappa shape index (κ3) is 23.2. The van der Waals surface area contributed by atoms with Crippen LogP contribution in [0.5, 0.6) is 0 Å². The molecule has 0 fully saturated rings. The Morgan fingerprint density at radius 3 is 1.68 bits per heavy atom. The van der Waals surface area contributed by atoms with Gasteiger partial charge in [-0.3, -0.25) is 33.6 Å². The number of likely N-dealkylation sites (N-methyl/N-ethyl adjacent to an activating group) is 1. The molecular formula is C36H65N7O10. The van der Waals surface area contributed by atoms with Gasteiger partial charge in [0.25, 0.3) is 0 Å². The summed E-state index contributed by atoms with van der Waals surface area (Å²) < 4.78 is 0. The van der Waals surface area contributed by atoms with E-state index in [0.29, 0.717) is 12.7 Å². The van der Waals surface area contributed by atoms with Gasteiger partial charge in [-0.25, -0.2) is 0 Å². The summed E-state index contributed by atoms with van der Waals surface area (Å²) in [6, 6.07) is -3.67. The fraction of sp³-hybridized carbons (Fsp3) is 0.778. The van der Waals surface area contributed by atoms with Crippen molar-refractivity contribution in [3.8, 4) is 0 Å². The fourth-order valence-corrected chi connectivity index (χ4v) is 5.42. The topological polar surface area (TPSA) is 252 Å². The molecule has 0 aliphatic heterocycles. The first-order valence-electron chi connectivity index (χ1n) is 18.8. The standard InChI is InChI=1S/C36H65N7O10/c1-6-7-8-9-10-11-12-13-14-15-16-17-29(47)42-28(24-45)35(52)39-21-30(48)38-23-32(50)43(5)33(26(4)46)36(53)40-22-31(49)41-27(20-25(2)3)34(51)37-18-19-44/h19,25-28,33,45-46H,6-18,20-24H2,1-5H3,(H,37,51)(H,38,48)(H,39,52)(H,40,53)(H,41,49)(H,42,47)/t26?,27-,28+,33?/m0/s1. The third-order valence-corrected chi connectivity index (χ3v) is 8.38. The molecule has 0 bridgehead atoms. The zero-order valence-corrected chi connectivity index (χ0v) is 32.3. The molecule has 0 aromatic carbocycles. The highest BCUT2D eigenvalue weighted by molar-refractivity contribution is 5.94. The highest BCUT2D eigenvalue weighted by Crippen LogP contribution is 2.12. The van der Waals surface area contributed by atoms with Gasteiger partial charge in [0.15, 0.2) is 0 Å². The molecule has 0 saturated heterocycles. The monoisotopic (exact) mass is 755 g/mol. The number of aldehydes is 1. The van der Waals surface area contributed by atoms with E-state index in [0.717, 1.165) is 24.2 Å². The molecule has 0 heterocycles. The van der Waals surface area contributed by atoms with Crippen LogP contribution in [-0.4, -0.2) is 127 Å². The average Bonchev–Trinajstić information content (AvgIpc) is 3.11. The van der Waals surface area contributed by atoms with Crippen molar-refractivity contribution >= 4 is 47.6 Å². The molecule has 17 nitrogen and oxygen atoms in total. The first kappa shape index (κ1) is 48.9. The van der Waals surface area contributed by atoms with Crippen LogP contribution in [0.4, 0.5) is 0 Å². The minimum Gasteiger partial charge on any atom is -0.394 e. The van der Waals surface area contributed by atoms with Gasteiger partial charge in [0.2, 0.25) is 41.4 Å². The van der Waals surface area contributed by atoms with E-state index in [2.05, 4.69) is 38.8 Å². The van der Waals surface area contributed by atoms with Gasteiger partial charge in [-0.15, -0.1) is 0 Å². The molecule has 4 atom stereocenters. The van der Waals surface area contributed by atoms with E-state index >= 15 is 0 Å². The largest absolute Gasteiger partial charge is 0.394 e. The number of hydrogen-bond donors (Lipinski definition) is 8. The second-order valence-electron chi connectivity index (χ2n) is 13.7. The number of nitrogens with zero attached hydrogens (tertiary/aromatic N) is 1. The van der Waals surface area contributed by atoms with Crippen molar-refractivity contribution in [1.82, 2.24) is 36.8 Å². The number of rotatable bonds is 30. The number of aliphatic hydroxyl groups is 2. The Morgan fingerprint density at radius 2 is 1.15 bits per heavy atom. The minimum atomic E-state index is -1.45. The van der Waals surface area contributed by atoms with Crippen LogP contribution in [-0.2, 0) is 38.4 Å². The van der Waals surface area contributed by atoms with Crippen molar-refractivity contribution in [2.24, 2.45) is 5.92 Å². The maximum Gasteiger partial charge on any atom is 0.245 e. The third-order valence-electron chi connectivity index (χ3n) is 8.38. The number of aliphatic hydroxyl groups excluding tert-OH is 2. The molecule has 0 spiro atoms. The Bertz CT molecular complexity index is 1150. The number of amides is 7. The summed E-state index contributed by atoms with van der Waals surface area (Å²) in [4.78, 5) is 99.1. The molecular weight excluding hydrogens is 690 g/mol. The normalized spacial score (nSPS) is 13.1. The Labute approximate surface area is 313 Å². The van der Waals surface area contributed by atoms with E-state index in [1.807, 2.05) is 13.8 Å². The van der Waals surface area contributed by atoms with Gasteiger partial charge in [0.1, 0.15) is 24.4 Å². The van der Waals surface area contributed by atoms with E-state index in [4.69, 9.17) is 0 Å². The molecule has 0 rings (SSSR count). The van der Waals surface area contributed by atoms with Crippen LogP contribution in [0.3, 0.4) is 0 Å². The van der Waals surface area contributed by atoms with Gasteiger partial charge in [-0.05, 0) is 25.7 Å². The summed E-state index contributed by atoms with van der Waals surface area (Å²) in [6.45, 7) is 4.47. The van der Waals surface area contributed by atoms with Crippen molar-refractivity contribution in [1.29, 1.82) is 0 Å². The highest BCUT2D eigenvalue weighted by Gasteiger charge is 2.32. The zero-order valence-electron chi connectivity index (χ0n) is 32.3. The lowest BCUT2D eigenvalue weighted by molar-refractivity contribution is -0.143. The van der Waals surface area contributed by atoms with Crippen molar-refractivity contribution < 1.29 is 48.6 Å². The number of hydrogen-bond acceptors (Lipinski definition) is 10. The average molecular weight is 756 g/mol. The van der Waals surface area contributed by atoms with Crippen molar-refractivity contribution in [3.63, 3.8) is 0 Å². The van der Waals surface area contributed by atoms with E-state index < -0.39 is 85.9 Å². The van der Waals surface area contributed by atoms with Crippen LogP contribution in [0.15, 0.2) is 0 Å². The molecule has 53 heavy (non-hydrogen) atoms. The molecule has 0 saturated carbocycles. The Morgan fingerprint density at radius 1 is 0.642 bits per heavy atom. The first-order valence-corrected chi connectivity index (χ1v) is 18.8. The lowest BCUT2D eigenvalue weighted by atomic mass is 10.0. The SMILES string of the molecule is CCCCCCCCCCCCCC(=O)N[C@H](CO)C(=O)NCC(=O)NCC(=O)N(C)C(C(=O)NCC(=O)N[C@@H](CC(C)C)C(=O)NCC=O)C(C)O. The molecule has 17 heteroatoms. The first-order chi connectivity index (χ1) is 25.2. The van der Waals surface area contributed by atoms with Gasteiger partial charge in [-0.2, -0.15) is 0 Å². The summed E-state index contributed by atoms with van der Waals surface area (Å²) >= 11 is 0. The molecule has 0 aliphatic rings. The predicted molar refractivity (Wildman–Crippen MR) is 198 cm³/mol. The second-order valence-corrected chi connectivity index (χ2v) is 13.7. The van der Waals surface area contributed by atoms with Crippen LogP contribution in [0.25, 0.3) is 0 Å². The second kappa shape index (κ2) is 29.3. The summed E-state index contributed by atoms with van der Waals surface area (Å²) in [5, 5.41) is 34.1. The molecule has 8 N–H and O–H groups in total. The van der Waals surface area contributed by atoms with Gasteiger partial charge >= 0.3 is 0 Å². The van der Waals surface area contributed by atoms with Crippen LogP contribution >= 0.6 is 0 Å². The van der Waals surface area contributed by atoms with Crippen molar-refractivity contribution in [3.05, 3.63) is 0 Å². The van der Waals surface area contributed by atoms with Gasteiger partial charge < -0.3 is 51.8 Å². The number of unbranched alkanes of at least 4 members (excludes halogenated alkanes) is 10. The Hall–Kier alpha value is -4.12. The number of nitrogens with one attached hydrogen (secondary N) is 6. The molecule has 0 radical (unpaired) electrons. The van der Waals surface area contributed by atoms with Gasteiger partial charge in [0.05, 0.1) is 38.9 Å². The fourth-order valence-electron chi connectivity index (χ4n) is 5.42. The summed E-state index contributed by atoms with van der Waals surface area (Å²) in [7, 11) is 1.22. The smallest absolute Gasteiger partial charge is 0.245 e. The van der Waals surface area contributed by atoms with Crippen LogP contribution in [0.1, 0.15) is 111 Å². The Kier molecular flexibility index (Phi) is 27.1. The van der Waals surface area contributed by atoms with Gasteiger partial charge in [0, 0.05) is 13.5 Å². The maximum absolute atomic E-state index is 12.9. The zero-order chi connectivity index (χ0) is 40.2. The van der Waals surface area contributed by atoms with E-state index in [1.54, 1.807) is 0 Å². The van der Waals surface area contributed by atoms with Gasteiger partial charge in [-0.1, -0.05) is 85.0 Å². The van der Waals surface area contributed by atoms with E-state index in [1.165, 1.54) is 58.9 Å². The van der Waals surface area contributed by atoms with E-state index in [-0.39, 0.29) is 31.2 Å². The lowest BCUT2D eigenvalue weighted by Gasteiger charge is -2.29. The highest BCUT2D eigenvalue weighted by atomic mass is 16.3. The molecule has 304 valence electrons.